The molecular weight excluding hydrogens is 250 g/mol. The number of thioether (sulfide) groups is 1. The van der Waals surface area contributed by atoms with Crippen LogP contribution in [-0.4, -0.2) is 34.5 Å². The summed E-state index contributed by atoms with van der Waals surface area (Å²) in [7, 11) is 0. The van der Waals surface area contributed by atoms with E-state index in [9.17, 15) is 9.59 Å². The normalized spacial score (nSPS) is 23.6. The first kappa shape index (κ1) is 15.3. The van der Waals surface area contributed by atoms with E-state index < -0.39 is 5.97 Å². The highest BCUT2D eigenvalue weighted by atomic mass is 32.2. The van der Waals surface area contributed by atoms with Crippen molar-refractivity contribution in [2.45, 2.75) is 50.7 Å². The molecule has 2 N–H and O–H groups in total. The SMILES string of the molecule is CCCCNC(=O)CSC1CCC(C(=O)O)CC1. The van der Waals surface area contributed by atoms with Crippen LogP contribution in [0.2, 0.25) is 0 Å². The van der Waals surface area contributed by atoms with E-state index in [4.69, 9.17) is 5.11 Å². The summed E-state index contributed by atoms with van der Waals surface area (Å²) in [6, 6.07) is 0. The summed E-state index contributed by atoms with van der Waals surface area (Å²) in [4.78, 5) is 22.3. The third-order valence-electron chi connectivity index (χ3n) is 3.33. The van der Waals surface area contributed by atoms with Crippen LogP contribution in [0.3, 0.4) is 0 Å². The standard InChI is InChI=1S/C13H23NO3S/c1-2-3-8-14-12(15)9-18-11-6-4-10(5-7-11)13(16)17/h10-11H,2-9H2,1H3,(H,14,15)(H,16,17). The van der Waals surface area contributed by atoms with Crippen LogP contribution in [0.1, 0.15) is 45.4 Å². The fourth-order valence-electron chi connectivity index (χ4n) is 2.13. The first-order valence-corrected chi connectivity index (χ1v) is 7.79. The lowest BCUT2D eigenvalue weighted by Crippen LogP contribution is -2.28. The highest BCUT2D eigenvalue weighted by Crippen LogP contribution is 2.31. The molecule has 0 saturated heterocycles. The van der Waals surface area contributed by atoms with Crippen LogP contribution in [0.25, 0.3) is 0 Å². The van der Waals surface area contributed by atoms with Crippen LogP contribution in [0.4, 0.5) is 0 Å². The van der Waals surface area contributed by atoms with Gasteiger partial charge in [-0.2, -0.15) is 0 Å². The van der Waals surface area contributed by atoms with E-state index in [2.05, 4.69) is 12.2 Å². The van der Waals surface area contributed by atoms with E-state index in [-0.39, 0.29) is 11.8 Å². The van der Waals surface area contributed by atoms with Gasteiger partial charge in [-0.25, -0.2) is 0 Å². The molecule has 0 atom stereocenters. The second-order valence-corrected chi connectivity index (χ2v) is 6.12. The smallest absolute Gasteiger partial charge is 0.306 e. The first-order valence-electron chi connectivity index (χ1n) is 6.74. The molecule has 1 saturated carbocycles. The fourth-order valence-corrected chi connectivity index (χ4v) is 3.22. The van der Waals surface area contributed by atoms with Crippen LogP contribution in [0.15, 0.2) is 0 Å². The monoisotopic (exact) mass is 273 g/mol. The van der Waals surface area contributed by atoms with E-state index >= 15 is 0 Å². The average Bonchev–Trinajstić information content (AvgIpc) is 2.37. The summed E-state index contributed by atoms with van der Waals surface area (Å²) in [6.07, 6.45) is 5.47. The maximum atomic E-state index is 11.5. The minimum Gasteiger partial charge on any atom is -0.481 e. The molecule has 0 aromatic rings. The van der Waals surface area contributed by atoms with Crippen LogP contribution in [0, 0.1) is 5.92 Å². The summed E-state index contributed by atoms with van der Waals surface area (Å²) < 4.78 is 0. The molecule has 0 aliphatic heterocycles. The molecule has 1 aliphatic rings. The number of amides is 1. The zero-order valence-electron chi connectivity index (χ0n) is 11.0. The number of carboxylic acids is 1. The minimum absolute atomic E-state index is 0.105. The lowest BCUT2D eigenvalue weighted by atomic mass is 9.89. The van der Waals surface area contributed by atoms with Gasteiger partial charge in [0.25, 0.3) is 0 Å². The largest absolute Gasteiger partial charge is 0.481 e. The highest BCUT2D eigenvalue weighted by molar-refractivity contribution is 8.00. The second kappa shape index (κ2) is 8.40. The number of nitrogens with one attached hydrogen (secondary N) is 1. The van der Waals surface area contributed by atoms with Gasteiger partial charge < -0.3 is 10.4 Å². The van der Waals surface area contributed by atoms with Gasteiger partial charge in [-0.3, -0.25) is 9.59 Å². The predicted octanol–water partition coefficient (Wildman–Crippen LogP) is 2.28. The van der Waals surface area contributed by atoms with Crippen molar-refractivity contribution in [2.75, 3.05) is 12.3 Å². The number of carbonyl (C=O) groups is 2. The molecule has 4 nitrogen and oxygen atoms in total. The molecule has 0 spiro atoms. The number of carboxylic acid groups (broad SMARTS) is 1. The molecule has 0 radical (unpaired) electrons. The van der Waals surface area contributed by atoms with E-state index in [1.807, 2.05) is 0 Å². The van der Waals surface area contributed by atoms with Crippen LogP contribution < -0.4 is 5.32 Å². The van der Waals surface area contributed by atoms with E-state index in [0.29, 0.717) is 11.0 Å². The van der Waals surface area contributed by atoms with E-state index in [1.165, 1.54) is 0 Å². The molecular formula is C13H23NO3S. The zero-order valence-corrected chi connectivity index (χ0v) is 11.8. The van der Waals surface area contributed by atoms with Crippen molar-refractivity contribution in [1.29, 1.82) is 0 Å². The fraction of sp³-hybridized carbons (Fsp3) is 0.846. The third kappa shape index (κ3) is 5.76. The van der Waals surface area contributed by atoms with Gasteiger partial charge in [0, 0.05) is 11.8 Å². The number of unbranched alkanes of at least 4 members (excludes halogenated alkanes) is 1. The van der Waals surface area contributed by atoms with Crippen LogP contribution in [0.5, 0.6) is 0 Å². The molecule has 0 heterocycles. The highest BCUT2D eigenvalue weighted by Gasteiger charge is 2.26. The van der Waals surface area contributed by atoms with Gasteiger partial charge in [-0.15, -0.1) is 11.8 Å². The molecule has 0 aromatic carbocycles. The van der Waals surface area contributed by atoms with Crippen molar-refractivity contribution in [2.24, 2.45) is 5.92 Å². The Bertz CT molecular complexity index is 275. The van der Waals surface area contributed by atoms with Crippen molar-refractivity contribution < 1.29 is 14.7 Å². The predicted molar refractivity (Wildman–Crippen MR) is 73.8 cm³/mol. The molecule has 1 fully saturated rings. The maximum absolute atomic E-state index is 11.5. The summed E-state index contributed by atoms with van der Waals surface area (Å²) >= 11 is 1.67. The molecule has 0 unspecified atom stereocenters. The molecule has 1 amide bonds. The first-order chi connectivity index (χ1) is 8.63. The average molecular weight is 273 g/mol. The van der Waals surface area contributed by atoms with Crippen LogP contribution in [-0.2, 0) is 9.59 Å². The summed E-state index contributed by atoms with van der Waals surface area (Å²) in [5, 5.41) is 12.2. The Labute approximate surface area is 113 Å². The Morgan fingerprint density at radius 3 is 2.50 bits per heavy atom. The van der Waals surface area contributed by atoms with Gasteiger partial charge in [0.15, 0.2) is 0 Å². The molecule has 1 aliphatic carbocycles. The Kier molecular flexibility index (Phi) is 7.16. The molecule has 104 valence electrons. The number of hydrogen-bond donors (Lipinski definition) is 2. The van der Waals surface area contributed by atoms with Crippen molar-refractivity contribution in [3.8, 4) is 0 Å². The Hall–Kier alpha value is -0.710. The topological polar surface area (TPSA) is 66.4 Å². The number of rotatable bonds is 7. The number of carbonyl (C=O) groups excluding carboxylic acids is 1. The molecule has 18 heavy (non-hydrogen) atoms. The van der Waals surface area contributed by atoms with Gasteiger partial charge in [0.1, 0.15) is 0 Å². The molecule has 5 heteroatoms. The minimum atomic E-state index is -0.671. The maximum Gasteiger partial charge on any atom is 0.306 e. The lowest BCUT2D eigenvalue weighted by Gasteiger charge is -2.25. The molecule has 1 rings (SSSR count). The Balaban J connectivity index is 2.10. The molecule has 0 aromatic heterocycles. The van der Waals surface area contributed by atoms with Gasteiger partial charge in [-0.1, -0.05) is 13.3 Å². The van der Waals surface area contributed by atoms with Gasteiger partial charge >= 0.3 is 5.97 Å². The van der Waals surface area contributed by atoms with Crippen molar-refractivity contribution in [3.63, 3.8) is 0 Å². The van der Waals surface area contributed by atoms with E-state index in [0.717, 1.165) is 45.1 Å². The summed E-state index contributed by atoms with van der Waals surface area (Å²) in [5.74, 6) is -0.226. The van der Waals surface area contributed by atoms with E-state index in [1.54, 1.807) is 11.8 Å². The number of aliphatic carboxylic acids is 1. The Morgan fingerprint density at radius 1 is 1.28 bits per heavy atom. The summed E-state index contributed by atoms with van der Waals surface area (Å²) in [5.41, 5.74) is 0. The number of hydrogen-bond acceptors (Lipinski definition) is 3. The second-order valence-electron chi connectivity index (χ2n) is 4.83. The quantitative estimate of drug-likeness (QED) is 0.698. The van der Waals surface area contributed by atoms with Crippen molar-refractivity contribution in [3.05, 3.63) is 0 Å². The zero-order chi connectivity index (χ0) is 13.4. The van der Waals surface area contributed by atoms with Gasteiger partial charge in [0.2, 0.25) is 5.91 Å². The molecule has 0 bridgehead atoms. The van der Waals surface area contributed by atoms with Gasteiger partial charge in [-0.05, 0) is 32.1 Å². The van der Waals surface area contributed by atoms with Crippen molar-refractivity contribution >= 4 is 23.6 Å². The lowest BCUT2D eigenvalue weighted by molar-refractivity contribution is -0.142. The van der Waals surface area contributed by atoms with Gasteiger partial charge in [0.05, 0.1) is 11.7 Å². The summed E-state index contributed by atoms with van der Waals surface area (Å²) in [6.45, 7) is 2.86. The van der Waals surface area contributed by atoms with Crippen LogP contribution >= 0.6 is 11.8 Å². The Morgan fingerprint density at radius 2 is 1.94 bits per heavy atom. The van der Waals surface area contributed by atoms with Crippen molar-refractivity contribution in [1.82, 2.24) is 5.32 Å². The third-order valence-corrected chi connectivity index (χ3v) is 4.70.